The van der Waals surface area contributed by atoms with E-state index < -0.39 is 44.6 Å². The zero-order chi connectivity index (χ0) is 41.9. The Morgan fingerprint density at radius 3 is 2.46 bits per heavy atom. The van der Waals surface area contributed by atoms with E-state index in [0.717, 1.165) is 34.9 Å². The first-order valence-electron chi connectivity index (χ1n) is 19.3. The number of amidine groups is 1. The maximum absolute atomic E-state index is 14.7. The molecule has 14 nitrogen and oxygen atoms in total. The predicted molar refractivity (Wildman–Crippen MR) is 213 cm³/mol. The molecule has 8 rings (SSSR count). The van der Waals surface area contributed by atoms with Crippen molar-refractivity contribution in [1.29, 1.82) is 0 Å². The summed E-state index contributed by atoms with van der Waals surface area (Å²) in [6.07, 6.45) is -2.49. The number of nitrogens with zero attached hydrogens (tertiary/aromatic N) is 5. The van der Waals surface area contributed by atoms with Crippen LogP contribution in [-0.4, -0.2) is 102 Å². The van der Waals surface area contributed by atoms with Gasteiger partial charge in [-0.1, -0.05) is 42.8 Å². The van der Waals surface area contributed by atoms with Crippen LogP contribution in [-0.2, 0) is 43.6 Å². The molecule has 1 saturated carbocycles. The van der Waals surface area contributed by atoms with Gasteiger partial charge in [-0.15, -0.1) is 0 Å². The van der Waals surface area contributed by atoms with Crippen LogP contribution in [0.1, 0.15) is 65.7 Å². The van der Waals surface area contributed by atoms with Crippen molar-refractivity contribution in [3.63, 3.8) is 0 Å². The molecular weight excluding hydrogens is 813 g/mol. The lowest BCUT2D eigenvalue weighted by atomic mass is 10.00. The number of hydrogen-bond acceptors (Lipinski definition) is 10. The molecule has 0 bridgehead atoms. The molecule has 4 aliphatic heterocycles. The molecule has 1 saturated heterocycles. The van der Waals surface area contributed by atoms with Crippen molar-refractivity contribution in [2.24, 2.45) is 4.99 Å². The number of carbonyl (C=O) groups excluding carboxylic acids is 3. The normalized spacial score (nSPS) is 20.8. The standard InChI is InChI=1S/C40H42ClF3N8O6S/c1-3-33-35(49-15-17-50(18-16-49)37(54)29-6-4-5-7-31(29)48-59(56,57)28-11-12-28)38(55)52-39(2,46-36(47-52)25-8-9-26-23-58-19-14-24(26)20-25)51(33)22-34(53)45-32-13-10-27(21-30(32)41)40(42,43)44/h4-10,13,20-21,28,48H,3,11-12,14-19,22-23H2,1-2H3,(H,45,53)(H,46,47). The lowest BCUT2D eigenvalue weighted by molar-refractivity contribution is -0.150. The Kier molecular flexibility index (Phi) is 10.5. The lowest BCUT2D eigenvalue weighted by Gasteiger charge is -2.50. The number of aliphatic imine (C=N–C) groups is 1. The van der Waals surface area contributed by atoms with Crippen molar-refractivity contribution >= 4 is 56.6 Å². The third kappa shape index (κ3) is 7.80. The van der Waals surface area contributed by atoms with Crippen LogP contribution in [0.5, 0.6) is 0 Å². The van der Waals surface area contributed by atoms with Gasteiger partial charge in [0.2, 0.25) is 21.7 Å². The Balaban J connectivity index is 1.08. The summed E-state index contributed by atoms with van der Waals surface area (Å²) in [7, 11) is -3.62. The Morgan fingerprint density at radius 1 is 1.02 bits per heavy atom. The fourth-order valence-electron chi connectivity index (χ4n) is 7.90. The molecule has 1 unspecified atom stereocenters. The van der Waals surface area contributed by atoms with Gasteiger partial charge in [0.15, 0.2) is 5.84 Å². The second-order valence-electron chi connectivity index (χ2n) is 15.1. The number of benzene rings is 3. The Labute approximate surface area is 344 Å². The fraction of sp³-hybridized carbons (Fsp3) is 0.400. The number of hydrogen-bond donors (Lipinski definition) is 3. The van der Waals surface area contributed by atoms with E-state index >= 15 is 0 Å². The molecule has 0 spiro atoms. The molecular formula is C40H42ClF3N8O6S. The van der Waals surface area contributed by atoms with Crippen molar-refractivity contribution < 1.29 is 40.7 Å². The summed E-state index contributed by atoms with van der Waals surface area (Å²) in [4.78, 5) is 52.6. The molecule has 4 heterocycles. The van der Waals surface area contributed by atoms with Gasteiger partial charge in [0, 0.05) is 44.4 Å². The minimum Gasteiger partial charge on any atom is -0.376 e. The van der Waals surface area contributed by atoms with E-state index in [1.807, 2.05) is 30.0 Å². The first-order valence-corrected chi connectivity index (χ1v) is 21.2. The number of hydrazine groups is 1. The van der Waals surface area contributed by atoms with Crippen molar-refractivity contribution in [2.75, 3.05) is 49.4 Å². The van der Waals surface area contributed by atoms with Gasteiger partial charge >= 0.3 is 6.18 Å². The number of anilines is 2. The highest BCUT2D eigenvalue weighted by atomic mass is 35.5. The minimum atomic E-state index is -4.63. The highest BCUT2D eigenvalue weighted by Gasteiger charge is 2.54. The number of sulfonamides is 1. The van der Waals surface area contributed by atoms with Crippen LogP contribution in [0, 0.1) is 0 Å². The molecule has 19 heteroatoms. The molecule has 2 fully saturated rings. The van der Waals surface area contributed by atoms with E-state index in [0.29, 0.717) is 49.7 Å². The van der Waals surface area contributed by atoms with Gasteiger partial charge in [0.25, 0.3) is 11.8 Å². The number of piperazine rings is 1. The minimum absolute atomic E-state index is 0.0171. The number of amides is 3. The van der Waals surface area contributed by atoms with E-state index in [-0.39, 0.29) is 67.0 Å². The van der Waals surface area contributed by atoms with Gasteiger partial charge in [-0.05, 0) is 73.2 Å². The summed E-state index contributed by atoms with van der Waals surface area (Å²) < 4.78 is 73.8. The van der Waals surface area contributed by atoms with Crippen LogP contribution in [0.3, 0.4) is 0 Å². The summed E-state index contributed by atoms with van der Waals surface area (Å²) in [6, 6.07) is 15.0. The fourth-order valence-corrected chi connectivity index (χ4v) is 9.54. The largest absolute Gasteiger partial charge is 0.416 e. The van der Waals surface area contributed by atoms with Crippen LogP contribution in [0.15, 0.2) is 77.1 Å². The van der Waals surface area contributed by atoms with E-state index in [4.69, 9.17) is 21.3 Å². The van der Waals surface area contributed by atoms with Gasteiger partial charge < -0.3 is 24.8 Å². The molecule has 1 aliphatic carbocycles. The van der Waals surface area contributed by atoms with Crippen molar-refractivity contribution in [3.05, 3.63) is 105 Å². The first-order chi connectivity index (χ1) is 28.1. The summed E-state index contributed by atoms with van der Waals surface area (Å²) in [5.41, 5.74) is 6.31. The molecule has 59 heavy (non-hydrogen) atoms. The zero-order valence-corrected chi connectivity index (χ0v) is 33.8. The second-order valence-corrected chi connectivity index (χ2v) is 17.5. The number of allylic oxidation sites excluding steroid dienone is 1. The smallest absolute Gasteiger partial charge is 0.376 e. The van der Waals surface area contributed by atoms with E-state index in [1.165, 1.54) is 5.01 Å². The number of fused-ring (bicyclic) bond motifs is 2. The number of rotatable bonds is 10. The molecule has 3 N–H and O–H groups in total. The monoisotopic (exact) mass is 854 g/mol. The topological polar surface area (TPSA) is 156 Å². The zero-order valence-electron chi connectivity index (χ0n) is 32.2. The molecule has 3 aromatic rings. The molecule has 3 amide bonds. The summed E-state index contributed by atoms with van der Waals surface area (Å²) in [5.74, 6) is -2.44. The average Bonchev–Trinajstić information content (AvgIpc) is 4.02. The van der Waals surface area contributed by atoms with Crippen molar-refractivity contribution in [2.45, 2.75) is 63.4 Å². The van der Waals surface area contributed by atoms with Gasteiger partial charge in [-0.2, -0.15) is 13.2 Å². The van der Waals surface area contributed by atoms with E-state index in [2.05, 4.69) is 15.5 Å². The molecule has 0 radical (unpaired) electrons. The van der Waals surface area contributed by atoms with Crippen LogP contribution in [0.2, 0.25) is 5.02 Å². The van der Waals surface area contributed by atoms with Crippen LogP contribution < -0.4 is 15.5 Å². The van der Waals surface area contributed by atoms with Crippen molar-refractivity contribution in [1.82, 2.24) is 25.1 Å². The van der Waals surface area contributed by atoms with Crippen molar-refractivity contribution in [3.8, 4) is 0 Å². The first kappa shape index (κ1) is 40.4. The third-order valence-corrected chi connectivity index (χ3v) is 13.4. The molecule has 1 atom stereocenters. The Bertz CT molecular complexity index is 2400. The highest BCUT2D eigenvalue weighted by molar-refractivity contribution is 7.93. The van der Waals surface area contributed by atoms with Crippen LogP contribution >= 0.6 is 11.6 Å². The quantitative estimate of drug-likeness (QED) is 0.252. The Hall–Kier alpha value is -5.33. The summed E-state index contributed by atoms with van der Waals surface area (Å²) >= 11 is 6.21. The number of alkyl halides is 3. The third-order valence-electron chi connectivity index (χ3n) is 11.2. The number of ether oxygens (including phenoxy) is 1. The maximum Gasteiger partial charge on any atom is 0.416 e. The van der Waals surface area contributed by atoms with Gasteiger partial charge in [0.05, 0.1) is 46.0 Å². The number of nitrogens with one attached hydrogen (secondary N) is 3. The number of halogens is 4. The van der Waals surface area contributed by atoms with Gasteiger partial charge in [-0.25, -0.2) is 18.4 Å². The molecule has 5 aliphatic rings. The maximum atomic E-state index is 14.7. The SMILES string of the molecule is CCC1=C(N2CCN(C(=O)c3ccccc3NS(=O)(=O)C3CC3)CC2)C(=O)N2NC(c3ccc4c(c3)CCOC4)=NC2(C)N1CC(=O)Nc1ccc(C(F)(F)F)cc1Cl. The number of carbonyl (C=O) groups is 3. The number of para-hydroxylation sites is 1. The molecule has 3 aromatic carbocycles. The van der Waals surface area contributed by atoms with Gasteiger partial charge in [-0.3, -0.25) is 24.5 Å². The molecule has 312 valence electrons. The average molecular weight is 855 g/mol. The van der Waals surface area contributed by atoms with Gasteiger partial charge in [0.1, 0.15) is 12.2 Å². The highest BCUT2D eigenvalue weighted by Crippen LogP contribution is 2.40. The molecule has 0 aromatic heterocycles. The van der Waals surface area contributed by atoms with E-state index in [1.54, 1.807) is 41.0 Å². The second kappa shape index (κ2) is 15.4. The van der Waals surface area contributed by atoms with Crippen LogP contribution in [0.4, 0.5) is 24.5 Å². The lowest BCUT2D eigenvalue weighted by Crippen LogP contribution is -2.66. The predicted octanol–water partition coefficient (Wildman–Crippen LogP) is 5.14. The summed E-state index contributed by atoms with van der Waals surface area (Å²) in [5, 5.41) is 3.24. The van der Waals surface area contributed by atoms with Crippen LogP contribution in [0.25, 0.3) is 0 Å². The summed E-state index contributed by atoms with van der Waals surface area (Å²) in [6.45, 7) is 5.12. The Morgan fingerprint density at radius 2 is 1.76 bits per heavy atom. The van der Waals surface area contributed by atoms with E-state index in [9.17, 15) is 36.0 Å².